The van der Waals surface area contributed by atoms with Gasteiger partial charge in [0.1, 0.15) is 6.61 Å². The predicted octanol–water partition coefficient (Wildman–Crippen LogP) is 3.05. The van der Waals surface area contributed by atoms with Gasteiger partial charge in [-0.1, -0.05) is 6.07 Å². The van der Waals surface area contributed by atoms with Crippen LogP contribution in [0, 0.1) is 0 Å². The van der Waals surface area contributed by atoms with Crippen molar-refractivity contribution in [3.05, 3.63) is 48.1 Å². The Bertz CT molecular complexity index is 729. The zero-order valence-corrected chi connectivity index (χ0v) is 13.1. The SMILES string of the molecule is COc1ccc(/C=C/C(=O)OCc2nccn2C(F)F)cc1OC. The number of benzene rings is 1. The summed E-state index contributed by atoms with van der Waals surface area (Å²) in [5.74, 6) is 0.384. The van der Waals surface area contributed by atoms with Gasteiger partial charge >= 0.3 is 12.5 Å². The third-order valence-electron chi connectivity index (χ3n) is 3.12. The topological polar surface area (TPSA) is 62.6 Å². The van der Waals surface area contributed by atoms with Crippen LogP contribution < -0.4 is 9.47 Å². The number of ether oxygens (including phenoxy) is 3. The number of aromatic nitrogens is 2. The maximum absolute atomic E-state index is 12.6. The van der Waals surface area contributed by atoms with Crippen LogP contribution in [0.5, 0.6) is 11.5 Å². The Morgan fingerprint density at radius 1 is 1.29 bits per heavy atom. The molecule has 0 unspecified atom stereocenters. The fourth-order valence-electron chi connectivity index (χ4n) is 1.94. The van der Waals surface area contributed by atoms with Crippen molar-refractivity contribution in [1.82, 2.24) is 9.55 Å². The van der Waals surface area contributed by atoms with Gasteiger partial charge in [-0.3, -0.25) is 4.57 Å². The van der Waals surface area contributed by atoms with E-state index in [4.69, 9.17) is 14.2 Å². The number of hydrogen-bond acceptors (Lipinski definition) is 5. The molecule has 0 amide bonds. The number of carbonyl (C=O) groups excluding carboxylic acids is 1. The normalized spacial score (nSPS) is 11.0. The summed E-state index contributed by atoms with van der Waals surface area (Å²) in [6.07, 6.45) is 5.04. The zero-order valence-electron chi connectivity index (χ0n) is 13.1. The average molecular weight is 338 g/mol. The first-order valence-corrected chi connectivity index (χ1v) is 6.92. The number of esters is 1. The van der Waals surface area contributed by atoms with Crippen molar-refractivity contribution in [2.45, 2.75) is 13.2 Å². The molecule has 0 fully saturated rings. The van der Waals surface area contributed by atoms with E-state index in [9.17, 15) is 13.6 Å². The number of methoxy groups -OCH3 is 2. The third kappa shape index (κ3) is 4.31. The molecule has 0 spiro atoms. The monoisotopic (exact) mass is 338 g/mol. The van der Waals surface area contributed by atoms with Gasteiger partial charge in [0.15, 0.2) is 17.3 Å². The molecule has 1 aromatic carbocycles. The van der Waals surface area contributed by atoms with Crippen LogP contribution in [0.25, 0.3) is 6.08 Å². The second-order valence-electron chi connectivity index (χ2n) is 4.58. The van der Waals surface area contributed by atoms with Crippen molar-refractivity contribution in [3.63, 3.8) is 0 Å². The first-order chi connectivity index (χ1) is 11.5. The predicted molar refractivity (Wildman–Crippen MR) is 81.9 cm³/mol. The van der Waals surface area contributed by atoms with E-state index < -0.39 is 12.5 Å². The van der Waals surface area contributed by atoms with E-state index in [2.05, 4.69) is 4.98 Å². The lowest BCUT2D eigenvalue weighted by Crippen LogP contribution is -2.08. The van der Waals surface area contributed by atoms with Crippen LogP contribution >= 0.6 is 0 Å². The van der Waals surface area contributed by atoms with Gasteiger partial charge in [-0.25, -0.2) is 9.78 Å². The first-order valence-electron chi connectivity index (χ1n) is 6.92. The fourth-order valence-corrected chi connectivity index (χ4v) is 1.94. The highest BCUT2D eigenvalue weighted by atomic mass is 19.3. The molecule has 0 radical (unpaired) electrons. The van der Waals surface area contributed by atoms with E-state index in [1.807, 2.05) is 0 Å². The Morgan fingerprint density at radius 2 is 2.04 bits per heavy atom. The van der Waals surface area contributed by atoms with Crippen LogP contribution in [-0.4, -0.2) is 29.7 Å². The van der Waals surface area contributed by atoms with Crippen LogP contribution in [0.4, 0.5) is 8.78 Å². The molecule has 8 heteroatoms. The van der Waals surface area contributed by atoms with Crippen molar-refractivity contribution < 1.29 is 27.8 Å². The highest BCUT2D eigenvalue weighted by molar-refractivity contribution is 5.87. The molecule has 2 rings (SSSR count). The summed E-state index contributed by atoms with van der Waals surface area (Å²) in [7, 11) is 3.03. The Hall–Kier alpha value is -2.90. The quantitative estimate of drug-likeness (QED) is 0.573. The van der Waals surface area contributed by atoms with Gasteiger partial charge in [-0.05, 0) is 23.8 Å². The molecule has 0 aliphatic heterocycles. The molecule has 0 aliphatic carbocycles. The maximum atomic E-state index is 12.6. The van der Waals surface area contributed by atoms with E-state index in [1.165, 1.54) is 32.6 Å². The van der Waals surface area contributed by atoms with Crippen LogP contribution in [0.3, 0.4) is 0 Å². The molecule has 0 atom stereocenters. The average Bonchev–Trinajstić information content (AvgIpc) is 3.06. The summed E-state index contributed by atoms with van der Waals surface area (Å²) in [4.78, 5) is 15.4. The summed E-state index contributed by atoms with van der Waals surface area (Å²) in [6.45, 7) is -3.07. The summed E-state index contributed by atoms with van der Waals surface area (Å²) >= 11 is 0. The van der Waals surface area contributed by atoms with Crippen molar-refractivity contribution in [2.75, 3.05) is 14.2 Å². The third-order valence-corrected chi connectivity index (χ3v) is 3.12. The molecule has 1 heterocycles. The van der Waals surface area contributed by atoms with Gasteiger partial charge in [0.05, 0.1) is 14.2 Å². The minimum absolute atomic E-state index is 0.0298. The Balaban J connectivity index is 1.97. The van der Waals surface area contributed by atoms with Crippen LogP contribution in [0.15, 0.2) is 36.7 Å². The molecule has 24 heavy (non-hydrogen) atoms. The molecule has 0 saturated heterocycles. The summed E-state index contributed by atoms with van der Waals surface area (Å²) in [5.41, 5.74) is 0.693. The number of carbonyl (C=O) groups is 1. The molecule has 2 aromatic rings. The number of rotatable bonds is 7. The van der Waals surface area contributed by atoms with E-state index in [0.717, 1.165) is 6.20 Å². The maximum Gasteiger partial charge on any atom is 0.331 e. The zero-order chi connectivity index (χ0) is 17.5. The number of imidazole rings is 1. The highest BCUT2D eigenvalue weighted by Gasteiger charge is 2.12. The van der Waals surface area contributed by atoms with Gasteiger partial charge < -0.3 is 14.2 Å². The Kier molecular flexibility index (Phi) is 5.89. The van der Waals surface area contributed by atoms with Crippen LogP contribution in [0.2, 0.25) is 0 Å². The standard InChI is InChI=1S/C16H16F2N2O4/c1-22-12-5-3-11(9-13(12)23-2)4-6-15(21)24-10-14-19-7-8-20(14)16(17)18/h3-9,16H,10H2,1-2H3/b6-4+. The molecule has 0 bridgehead atoms. The lowest BCUT2D eigenvalue weighted by molar-refractivity contribution is -0.139. The van der Waals surface area contributed by atoms with Crippen molar-refractivity contribution in [3.8, 4) is 11.5 Å². The minimum atomic E-state index is -2.73. The minimum Gasteiger partial charge on any atom is -0.493 e. The molecule has 128 valence electrons. The van der Waals surface area contributed by atoms with Gasteiger partial charge in [-0.2, -0.15) is 8.78 Å². The molecule has 1 aromatic heterocycles. The largest absolute Gasteiger partial charge is 0.493 e. The second kappa shape index (κ2) is 8.09. The lowest BCUT2D eigenvalue weighted by Gasteiger charge is -2.07. The second-order valence-corrected chi connectivity index (χ2v) is 4.58. The van der Waals surface area contributed by atoms with Crippen molar-refractivity contribution in [2.24, 2.45) is 0 Å². The summed E-state index contributed by atoms with van der Waals surface area (Å²) in [5, 5.41) is 0. The van der Waals surface area contributed by atoms with Gasteiger partial charge in [-0.15, -0.1) is 0 Å². The van der Waals surface area contributed by atoms with Crippen LogP contribution in [0.1, 0.15) is 17.9 Å². The molecule has 0 aliphatic rings. The molecular weight excluding hydrogens is 322 g/mol. The van der Waals surface area contributed by atoms with Gasteiger partial charge in [0.2, 0.25) is 0 Å². The smallest absolute Gasteiger partial charge is 0.331 e. The summed E-state index contributed by atoms with van der Waals surface area (Å²) < 4.78 is 41.1. The Morgan fingerprint density at radius 3 is 2.71 bits per heavy atom. The number of hydrogen-bond donors (Lipinski definition) is 0. The number of nitrogens with zero attached hydrogens (tertiary/aromatic N) is 2. The molecule has 6 nitrogen and oxygen atoms in total. The lowest BCUT2D eigenvalue weighted by atomic mass is 10.2. The number of halogens is 2. The van der Waals surface area contributed by atoms with Crippen molar-refractivity contribution >= 4 is 12.0 Å². The number of alkyl halides is 2. The van der Waals surface area contributed by atoms with Crippen LogP contribution in [-0.2, 0) is 16.1 Å². The molecular formula is C16H16F2N2O4. The van der Waals surface area contributed by atoms with Gasteiger partial charge in [0, 0.05) is 18.5 Å². The van der Waals surface area contributed by atoms with E-state index in [0.29, 0.717) is 21.6 Å². The first kappa shape index (κ1) is 17.5. The summed E-state index contributed by atoms with van der Waals surface area (Å²) in [6, 6.07) is 5.12. The molecule has 0 saturated carbocycles. The Labute approximate surface area is 137 Å². The van der Waals surface area contributed by atoms with E-state index in [-0.39, 0.29) is 12.4 Å². The fraction of sp³-hybridized carbons (Fsp3) is 0.250. The van der Waals surface area contributed by atoms with Gasteiger partial charge in [0.25, 0.3) is 0 Å². The highest BCUT2D eigenvalue weighted by Crippen LogP contribution is 2.27. The van der Waals surface area contributed by atoms with E-state index in [1.54, 1.807) is 18.2 Å². The van der Waals surface area contributed by atoms with Crippen molar-refractivity contribution in [1.29, 1.82) is 0 Å². The van der Waals surface area contributed by atoms with E-state index >= 15 is 0 Å². The molecule has 0 N–H and O–H groups in total.